The average Bonchev–Trinajstić information content (AvgIpc) is 2.60. The fraction of sp³-hybridized carbons (Fsp3) is 0.636. The van der Waals surface area contributed by atoms with Crippen molar-refractivity contribution >= 4 is 11.8 Å². The molecule has 3 nitrogen and oxygen atoms in total. The summed E-state index contributed by atoms with van der Waals surface area (Å²) in [5.41, 5.74) is -0.766. The standard InChI is InChI=1S/C11H12O3/c12-8-5-10-3-1-2-4-11(10,6-8)9(13)14-7-10/h2,4H,1,3,5-7H2/t10-,11+/m1/s1. The first-order valence-electron chi connectivity index (χ1n) is 5.05. The van der Waals surface area contributed by atoms with E-state index in [1.54, 1.807) is 0 Å². The molecule has 1 saturated carbocycles. The van der Waals surface area contributed by atoms with E-state index in [1.807, 2.05) is 12.2 Å². The van der Waals surface area contributed by atoms with Crippen LogP contribution in [0.25, 0.3) is 0 Å². The second-order valence-corrected chi connectivity index (χ2v) is 4.66. The summed E-state index contributed by atoms with van der Waals surface area (Å²) in [6.07, 6.45) is 6.72. The molecule has 74 valence electrons. The fourth-order valence-electron chi connectivity index (χ4n) is 3.23. The lowest BCUT2D eigenvalue weighted by molar-refractivity contribution is -0.145. The molecular weight excluding hydrogens is 180 g/mol. The fourth-order valence-corrected chi connectivity index (χ4v) is 3.23. The highest BCUT2D eigenvalue weighted by Crippen LogP contribution is 2.61. The third kappa shape index (κ3) is 0.703. The van der Waals surface area contributed by atoms with Gasteiger partial charge in [-0.15, -0.1) is 0 Å². The highest BCUT2D eigenvalue weighted by Gasteiger charge is 2.66. The Morgan fingerprint density at radius 3 is 2.93 bits per heavy atom. The van der Waals surface area contributed by atoms with Gasteiger partial charge in [-0.05, 0) is 12.8 Å². The van der Waals surface area contributed by atoms with Gasteiger partial charge in [0, 0.05) is 18.3 Å². The third-order valence-electron chi connectivity index (χ3n) is 3.99. The van der Waals surface area contributed by atoms with E-state index < -0.39 is 5.41 Å². The predicted molar refractivity (Wildman–Crippen MR) is 48.4 cm³/mol. The molecule has 0 aromatic heterocycles. The van der Waals surface area contributed by atoms with Gasteiger partial charge in [-0.2, -0.15) is 0 Å². The van der Waals surface area contributed by atoms with E-state index in [1.165, 1.54) is 0 Å². The Morgan fingerprint density at radius 1 is 1.29 bits per heavy atom. The number of hydrogen-bond acceptors (Lipinski definition) is 3. The van der Waals surface area contributed by atoms with Crippen LogP contribution < -0.4 is 0 Å². The zero-order valence-electron chi connectivity index (χ0n) is 7.91. The van der Waals surface area contributed by atoms with E-state index in [4.69, 9.17) is 4.74 Å². The van der Waals surface area contributed by atoms with Crippen molar-refractivity contribution in [1.82, 2.24) is 0 Å². The first-order chi connectivity index (χ1) is 6.69. The number of rotatable bonds is 0. The summed E-state index contributed by atoms with van der Waals surface area (Å²) in [4.78, 5) is 23.2. The van der Waals surface area contributed by atoms with Gasteiger partial charge in [0.1, 0.15) is 11.2 Å². The largest absolute Gasteiger partial charge is 0.464 e. The second-order valence-electron chi connectivity index (χ2n) is 4.66. The third-order valence-corrected chi connectivity index (χ3v) is 3.99. The van der Waals surface area contributed by atoms with Crippen LogP contribution >= 0.6 is 0 Å². The number of carbonyl (C=O) groups is 2. The Hall–Kier alpha value is -1.12. The lowest BCUT2D eigenvalue weighted by atomic mass is 9.63. The number of ketones is 1. The highest BCUT2D eigenvalue weighted by molar-refractivity contribution is 5.95. The Bertz CT molecular complexity index is 354. The van der Waals surface area contributed by atoms with E-state index in [0.717, 1.165) is 12.8 Å². The molecule has 3 heteroatoms. The number of esters is 1. The second kappa shape index (κ2) is 2.27. The SMILES string of the molecule is O=C1C[C@@]23CCC=C[C@]2(C1)C(=O)OC3. The summed E-state index contributed by atoms with van der Waals surface area (Å²) in [5.74, 6) is 0.0347. The summed E-state index contributed by atoms with van der Waals surface area (Å²) >= 11 is 0. The molecule has 0 bridgehead atoms. The van der Waals surface area contributed by atoms with Crippen LogP contribution in [-0.2, 0) is 14.3 Å². The van der Waals surface area contributed by atoms with Crippen molar-refractivity contribution in [3.63, 3.8) is 0 Å². The monoisotopic (exact) mass is 192 g/mol. The van der Waals surface area contributed by atoms with Crippen molar-refractivity contribution in [3.8, 4) is 0 Å². The summed E-state index contributed by atoms with van der Waals surface area (Å²) in [7, 11) is 0. The summed E-state index contributed by atoms with van der Waals surface area (Å²) < 4.78 is 5.15. The quantitative estimate of drug-likeness (QED) is 0.428. The number of cyclic esters (lactones) is 1. The van der Waals surface area contributed by atoms with Crippen molar-refractivity contribution < 1.29 is 14.3 Å². The van der Waals surface area contributed by atoms with Crippen LogP contribution in [0.4, 0.5) is 0 Å². The number of allylic oxidation sites excluding steroid dienone is 1. The van der Waals surface area contributed by atoms with E-state index in [2.05, 4.69) is 0 Å². The molecular formula is C11H12O3. The molecule has 1 heterocycles. The van der Waals surface area contributed by atoms with Gasteiger partial charge in [0.15, 0.2) is 0 Å². The van der Waals surface area contributed by atoms with Crippen LogP contribution in [-0.4, -0.2) is 18.4 Å². The molecule has 3 aliphatic rings. The van der Waals surface area contributed by atoms with Gasteiger partial charge in [-0.25, -0.2) is 0 Å². The zero-order valence-corrected chi connectivity index (χ0v) is 7.91. The molecule has 0 unspecified atom stereocenters. The highest BCUT2D eigenvalue weighted by atomic mass is 16.5. The Labute approximate surface area is 82.1 Å². The van der Waals surface area contributed by atoms with Crippen molar-refractivity contribution in [2.45, 2.75) is 25.7 Å². The summed E-state index contributed by atoms with van der Waals surface area (Å²) in [6.45, 7) is 0.446. The van der Waals surface area contributed by atoms with Crippen LogP contribution in [0.1, 0.15) is 25.7 Å². The van der Waals surface area contributed by atoms with Crippen molar-refractivity contribution in [2.24, 2.45) is 10.8 Å². The maximum absolute atomic E-state index is 11.7. The van der Waals surface area contributed by atoms with Gasteiger partial charge in [-0.1, -0.05) is 12.2 Å². The number of carbonyl (C=O) groups excluding carboxylic acids is 2. The Morgan fingerprint density at radius 2 is 2.14 bits per heavy atom. The smallest absolute Gasteiger partial charge is 0.317 e. The molecule has 14 heavy (non-hydrogen) atoms. The van der Waals surface area contributed by atoms with Gasteiger partial charge in [0.2, 0.25) is 0 Å². The lowest BCUT2D eigenvalue weighted by Crippen LogP contribution is -2.38. The van der Waals surface area contributed by atoms with E-state index in [0.29, 0.717) is 19.4 Å². The van der Waals surface area contributed by atoms with Gasteiger partial charge >= 0.3 is 5.97 Å². The molecule has 2 fully saturated rings. The van der Waals surface area contributed by atoms with E-state index >= 15 is 0 Å². The molecule has 0 spiro atoms. The van der Waals surface area contributed by atoms with Gasteiger partial charge in [0.25, 0.3) is 0 Å². The zero-order chi connectivity index (χ0) is 9.81. The molecule has 0 aromatic rings. The molecule has 0 N–H and O–H groups in total. The number of Topliss-reactive ketones (excluding diaryl/α,β-unsaturated/α-hetero) is 1. The first kappa shape index (κ1) is 8.21. The van der Waals surface area contributed by atoms with Crippen LogP contribution in [0.2, 0.25) is 0 Å². The molecule has 0 radical (unpaired) electrons. The van der Waals surface area contributed by atoms with Gasteiger partial charge in [0.05, 0.1) is 6.61 Å². The molecule has 3 rings (SSSR count). The minimum atomic E-state index is -0.581. The van der Waals surface area contributed by atoms with Crippen molar-refractivity contribution in [1.29, 1.82) is 0 Å². The Kier molecular flexibility index (Phi) is 1.33. The summed E-state index contributed by atoms with van der Waals surface area (Å²) in [6, 6.07) is 0. The van der Waals surface area contributed by atoms with Crippen LogP contribution in [0.15, 0.2) is 12.2 Å². The molecule has 1 saturated heterocycles. The summed E-state index contributed by atoms with van der Waals surface area (Å²) in [5, 5.41) is 0. The minimum absolute atomic E-state index is 0.181. The number of ether oxygens (including phenoxy) is 1. The lowest BCUT2D eigenvalue weighted by Gasteiger charge is -2.35. The predicted octanol–water partition coefficient (Wildman–Crippen LogP) is 1.23. The number of hydrogen-bond donors (Lipinski definition) is 0. The maximum Gasteiger partial charge on any atom is 0.317 e. The Balaban J connectivity index is 2.18. The molecule has 1 aliphatic heterocycles. The molecule has 0 amide bonds. The molecule has 2 aliphatic carbocycles. The van der Waals surface area contributed by atoms with Crippen molar-refractivity contribution in [3.05, 3.63) is 12.2 Å². The van der Waals surface area contributed by atoms with E-state index in [9.17, 15) is 9.59 Å². The average molecular weight is 192 g/mol. The van der Waals surface area contributed by atoms with Crippen LogP contribution in [0.3, 0.4) is 0 Å². The first-order valence-corrected chi connectivity index (χ1v) is 5.05. The van der Waals surface area contributed by atoms with Crippen LogP contribution in [0, 0.1) is 10.8 Å². The van der Waals surface area contributed by atoms with E-state index in [-0.39, 0.29) is 17.2 Å². The topological polar surface area (TPSA) is 43.4 Å². The van der Waals surface area contributed by atoms with Crippen LogP contribution in [0.5, 0.6) is 0 Å². The molecule has 2 atom stereocenters. The minimum Gasteiger partial charge on any atom is -0.464 e. The van der Waals surface area contributed by atoms with Gasteiger partial charge < -0.3 is 4.74 Å². The molecule has 0 aromatic carbocycles. The normalized spacial score (nSPS) is 44.9. The van der Waals surface area contributed by atoms with Gasteiger partial charge in [-0.3, -0.25) is 9.59 Å². The maximum atomic E-state index is 11.7. The van der Waals surface area contributed by atoms with Crippen molar-refractivity contribution in [2.75, 3.05) is 6.61 Å².